The van der Waals surface area contributed by atoms with Crippen LogP contribution in [0, 0.1) is 18.3 Å². The highest BCUT2D eigenvalue weighted by molar-refractivity contribution is 7.89. The fraction of sp³-hybridized carbons (Fsp3) is 0.615. The van der Waals surface area contributed by atoms with Gasteiger partial charge in [0.15, 0.2) is 0 Å². The van der Waals surface area contributed by atoms with Crippen LogP contribution in [0.5, 0.6) is 0 Å². The first-order chi connectivity index (χ1) is 8.97. The van der Waals surface area contributed by atoms with Gasteiger partial charge in [-0.3, -0.25) is 0 Å². The van der Waals surface area contributed by atoms with Gasteiger partial charge in [-0.05, 0) is 29.2 Å². The Balaban J connectivity index is 3.02. The second-order valence-electron chi connectivity index (χ2n) is 6.00. The highest BCUT2D eigenvalue weighted by Crippen LogP contribution is 2.28. The van der Waals surface area contributed by atoms with Crippen molar-refractivity contribution in [2.24, 2.45) is 11.3 Å². The number of nitrogens with one attached hydrogen (secondary N) is 1. The summed E-state index contributed by atoms with van der Waals surface area (Å²) in [6.07, 6.45) is 0. The standard InChI is InChI=1S/C13H21NO4S2/c1-8-7-19-10(12(15)16)11(8)20(17,18)14-6-9(2)13(3,4)5/h7,9,14H,6H2,1-5H3,(H,15,16). The predicted octanol–water partition coefficient (Wildman–Crippen LogP) is 2.72. The largest absolute Gasteiger partial charge is 0.477 e. The average Bonchev–Trinajstić information content (AvgIpc) is 2.67. The first-order valence-corrected chi connectivity index (χ1v) is 8.64. The third-order valence-corrected chi connectivity index (χ3v) is 6.26. The van der Waals surface area contributed by atoms with E-state index in [0.717, 1.165) is 11.3 Å². The topological polar surface area (TPSA) is 83.5 Å². The molecule has 1 unspecified atom stereocenters. The molecule has 1 aromatic rings. The van der Waals surface area contributed by atoms with Crippen LogP contribution in [0.1, 0.15) is 42.9 Å². The minimum absolute atomic E-state index is 0.0260. The zero-order chi connectivity index (χ0) is 15.7. The number of carboxylic acid groups (broad SMARTS) is 1. The van der Waals surface area contributed by atoms with Crippen LogP contribution in [-0.2, 0) is 10.0 Å². The zero-order valence-electron chi connectivity index (χ0n) is 12.4. The molecule has 1 aromatic heterocycles. The fourth-order valence-corrected chi connectivity index (χ4v) is 4.29. The molecule has 0 saturated carbocycles. The molecule has 2 N–H and O–H groups in total. The molecule has 0 aliphatic rings. The van der Waals surface area contributed by atoms with E-state index in [1.54, 1.807) is 12.3 Å². The maximum Gasteiger partial charge on any atom is 0.347 e. The molecule has 1 atom stereocenters. The molecule has 0 aromatic carbocycles. The van der Waals surface area contributed by atoms with E-state index in [1.807, 2.05) is 27.7 Å². The Hall–Kier alpha value is -0.920. The normalized spacial score (nSPS) is 14.2. The second-order valence-corrected chi connectivity index (χ2v) is 8.58. The maximum atomic E-state index is 12.3. The van der Waals surface area contributed by atoms with Gasteiger partial charge in [0.25, 0.3) is 0 Å². The van der Waals surface area contributed by atoms with Crippen molar-refractivity contribution in [3.05, 3.63) is 15.8 Å². The number of carboxylic acids is 1. The van der Waals surface area contributed by atoms with Gasteiger partial charge in [0.1, 0.15) is 9.77 Å². The monoisotopic (exact) mass is 319 g/mol. The molecule has 0 saturated heterocycles. The van der Waals surface area contributed by atoms with Crippen LogP contribution in [0.4, 0.5) is 0 Å². The second kappa shape index (κ2) is 5.83. The Morgan fingerprint density at radius 1 is 1.45 bits per heavy atom. The van der Waals surface area contributed by atoms with Crippen molar-refractivity contribution in [2.75, 3.05) is 6.54 Å². The van der Waals surface area contributed by atoms with Crippen LogP contribution < -0.4 is 4.72 Å². The molecule has 0 aliphatic heterocycles. The van der Waals surface area contributed by atoms with E-state index < -0.39 is 16.0 Å². The number of sulfonamides is 1. The molecule has 0 aliphatic carbocycles. The summed E-state index contributed by atoms with van der Waals surface area (Å²) in [5, 5.41) is 10.6. The number of aryl methyl sites for hydroxylation is 1. The summed E-state index contributed by atoms with van der Waals surface area (Å²) in [5.74, 6) is -1.09. The van der Waals surface area contributed by atoms with Gasteiger partial charge in [-0.1, -0.05) is 27.7 Å². The van der Waals surface area contributed by atoms with E-state index >= 15 is 0 Å². The van der Waals surface area contributed by atoms with E-state index in [1.165, 1.54) is 0 Å². The number of aromatic carboxylic acids is 1. The van der Waals surface area contributed by atoms with Crippen molar-refractivity contribution in [1.82, 2.24) is 4.72 Å². The number of carbonyl (C=O) groups is 1. The van der Waals surface area contributed by atoms with Crippen LogP contribution in [0.3, 0.4) is 0 Å². The van der Waals surface area contributed by atoms with Gasteiger partial charge in [0.2, 0.25) is 10.0 Å². The number of rotatable bonds is 5. The molecule has 0 radical (unpaired) electrons. The molecule has 0 spiro atoms. The summed E-state index contributed by atoms with van der Waals surface area (Å²) in [6.45, 7) is 9.94. The molecule has 114 valence electrons. The predicted molar refractivity (Wildman–Crippen MR) is 79.8 cm³/mol. The van der Waals surface area contributed by atoms with E-state index in [2.05, 4.69) is 4.72 Å². The minimum Gasteiger partial charge on any atom is -0.477 e. The Bertz CT molecular complexity index is 596. The number of thiophene rings is 1. The minimum atomic E-state index is -3.80. The molecular formula is C13H21NO4S2. The Morgan fingerprint density at radius 2 is 2.00 bits per heavy atom. The SMILES string of the molecule is Cc1csc(C(=O)O)c1S(=O)(=O)NCC(C)C(C)(C)C. The first-order valence-electron chi connectivity index (χ1n) is 6.28. The third kappa shape index (κ3) is 3.80. The highest BCUT2D eigenvalue weighted by atomic mass is 32.2. The molecule has 0 fully saturated rings. The third-order valence-electron chi connectivity index (χ3n) is 3.44. The molecule has 20 heavy (non-hydrogen) atoms. The molecule has 0 bridgehead atoms. The van der Waals surface area contributed by atoms with Gasteiger partial charge >= 0.3 is 5.97 Å². The van der Waals surface area contributed by atoms with Crippen molar-refractivity contribution < 1.29 is 18.3 Å². The van der Waals surface area contributed by atoms with Gasteiger partial charge in [-0.15, -0.1) is 11.3 Å². The van der Waals surface area contributed by atoms with Gasteiger partial charge in [-0.2, -0.15) is 0 Å². The van der Waals surface area contributed by atoms with Crippen LogP contribution in [0.25, 0.3) is 0 Å². The summed E-state index contributed by atoms with van der Waals surface area (Å²) < 4.78 is 27.1. The van der Waals surface area contributed by atoms with E-state index in [4.69, 9.17) is 5.11 Å². The Kier molecular flexibility index (Phi) is 4.99. The summed E-state index contributed by atoms with van der Waals surface area (Å²) in [7, 11) is -3.80. The van der Waals surface area contributed by atoms with E-state index in [-0.39, 0.29) is 27.7 Å². The highest BCUT2D eigenvalue weighted by Gasteiger charge is 2.28. The number of hydrogen-bond acceptors (Lipinski definition) is 4. The van der Waals surface area contributed by atoms with Crippen molar-refractivity contribution in [1.29, 1.82) is 0 Å². The lowest BCUT2D eigenvalue weighted by molar-refractivity contribution is 0.0698. The Morgan fingerprint density at radius 3 is 2.45 bits per heavy atom. The maximum absolute atomic E-state index is 12.3. The van der Waals surface area contributed by atoms with Crippen LogP contribution in [0.15, 0.2) is 10.3 Å². The molecular weight excluding hydrogens is 298 g/mol. The van der Waals surface area contributed by atoms with E-state index in [0.29, 0.717) is 5.56 Å². The molecule has 7 heteroatoms. The lowest BCUT2D eigenvalue weighted by atomic mass is 9.82. The lowest BCUT2D eigenvalue weighted by Crippen LogP contribution is -2.34. The van der Waals surface area contributed by atoms with E-state index in [9.17, 15) is 13.2 Å². The number of hydrogen-bond donors (Lipinski definition) is 2. The van der Waals surface area contributed by atoms with Crippen molar-refractivity contribution >= 4 is 27.3 Å². The van der Waals surface area contributed by atoms with Crippen LogP contribution in [-0.4, -0.2) is 26.0 Å². The van der Waals surface area contributed by atoms with Gasteiger partial charge in [0, 0.05) is 6.54 Å². The van der Waals surface area contributed by atoms with Crippen LogP contribution in [0.2, 0.25) is 0 Å². The molecule has 1 heterocycles. The van der Waals surface area contributed by atoms with Crippen molar-refractivity contribution in [2.45, 2.75) is 39.5 Å². The zero-order valence-corrected chi connectivity index (χ0v) is 14.0. The van der Waals surface area contributed by atoms with Crippen molar-refractivity contribution in [3.8, 4) is 0 Å². The summed E-state index contributed by atoms with van der Waals surface area (Å²) in [6, 6.07) is 0. The molecule has 1 rings (SSSR count). The molecule has 0 amide bonds. The van der Waals surface area contributed by atoms with Crippen LogP contribution >= 0.6 is 11.3 Å². The fourth-order valence-electron chi connectivity index (χ4n) is 1.53. The van der Waals surface area contributed by atoms with Crippen molar-refractivity contribution in [3.63, 3.8) is 0 Å². The average molecular weight is 319 g/mol. The van der Waals surface area contributed by atoms with Gasteiger partial charge in [-0.25, -0.2) is 17.9 Å². The quantitative estimate of drug-likeness (QED) is 0.874. The lowest BCUT2D eigenvalue weighted by Gasteiger charge is -2.27. The van der Waals surface area contributed by atoms with Gasteiger partial charge < -0.3 is 5.11 Å². The van der Waals surface area contributed by atoms with Gasteiger partial charge in [0.05, 0.1) is 0 Å². The molecule has 5 nitrogen and oxygen atoms in total. The summed E-state index contributed by atoms with van der Waals surface area (Å²) in [4.78, 5) is 10.8. The Labute approximate surface area is 124 Å². The first kappa shape index (κ1) is 17.1. The smallest absolute Gasteiger partial charge is 0.347 e. The summed E-state index contributed by atoms with van der Waals surface area (Å²) >= 11 is 0.932. The summed E-state index contributed by atoms with van der Waals surface area (Å²) in [5.41, 5.74) is 0.435.